The first-order chi connectivity index (χ1) is 6.84. The van der Waals surface area contributed by atoms with E-state index in [4.69, 9.17) is 4.74 Å². The van der Waals surface area contributed by atoms with Gasteiger partial charge in [-0.25, -0.2) is 9.97 Å². The Labute approximate surface area is 92.2 Å². The number of methoxy groups -OCH3 is 1. The van der Waals surface area contributed by atoms with Crippen LogP contribution in [0.1, 0.15) is 12.8 Å². The lowest BCUT2D eigenvalue weighted by atomic mass is 10.3. The number of unbranched alkanes of at least 4 members (excludes halogenated alkanes) is 1. The number of ether oxygens (including phenoxy) is 1. The van der Waals surface area contributed by atoms with Crippen molar-refractivity contribution in [3.8, 4) is 0 Å². The van der Waals surface area contributed by atoms with Crippen LogP contribution in [-0.4, -0.2) is 30.2 Å². The summed E-state index contributed by atoms with van der Waals surface area (Å²) in [6, 6.07) is 0. The van der Waals surface area contributed by atoms with E-state index in [9.17, 15) is 0 Å². The van der Waals surface area contributed by atoms with E-state index in [1.54, 1.807) is 13.3 Å². The molecule has 1 aromatic rings. The lowest BCUT2D eigenvalue weighted by molar-refractivity contribution is 0.194. The second-order valence-corrected chi connectivity index (χ2v) is 3.70. The lowest BCUT2D eigenvalue weighted by Crippen LogP contribution is -2.05. The molecule has 0 radical (unpaired) electrons. The maximum absolute atomic E-state index is 4.96. The molecule has 0 fully saturated rings. The zero-order chi connectivity index (χ0) is 10.2. The van der Waals surface area contributed by atoms with Gasteiger partial charge in [0.15, 0.2) is 0 Å². The van der Waals surface area contributed by atoms with Gasteiger partial charge in [0, 0.05) is 26.5 Å². The van der Waals surface area contributed by atoms with E-state index in [1.807, 2.05) is 0 Å². The molecule has 4 nitrogen and oxygen atoms in total. The van der Waals surface area contributed by atoms with Crippen molar-refractivity contribution in [2.45, 2.75) is 12.8 Å². The van der Waals surface area contributed by atoms with Crippen molar-refractivity contribution in [1.29, 1.82) is 0 Å². The molecule has 78 valence electrons. The zero-order valence-corrected chi connectivity index (χ0v) is 9.75. The number of nitrogens with zero attached hydrogens (tertiary/aromatic N) is 2. The molecule has 0 bridgehead atoms. The van der Waals surface area contributed by atoms with Gasteiger partial charge >= 0.3 is 0 Å². The molecule has 0 saturated carbocycles. The van der Waals surface area contributed by atoms with Gasteiger partial charge in [-0.05, 0) is 28.8 Å². The SMILES string of the molecule is COCCCCNc1ncncc1Br. The fourth-order valence-electron chi connectivity index (χ4n) is 1.02. The minimum absolute atomic E-state index is 0.812. The summed E-state index contributed by atoms with van der Waals surface area (Å²) < 4.78 is 5.85. The topological polar surface area (TPSA) is 47.0 Å². The van der Waals surface area contributed by atoms with Crippen LogP contribution < -0.4 is 5.32 Å². The van der Waals surface area contributed by atoms with E-state index in [2.05, 4.69) is 31.2 Å². The van der Waals surface area contributed by atoms with Gasteiger partial charge in [0.25, 0.3) is 0 Å². The third kappa shape index (κ3) is 4.02. The standard InChI is InChI=1S/C9H14BrN3O/c1-14-5-3-2-4-12-9-8(10)6-11-7-13-9/h6-7H,2-5H2,1H3,(H,11,12,13). The monoisotopic (exact) mass is 259 g/mol. The average molecular weight is 260 g/mol. The second kappa shape index (κ2) is 6.73. The minimum atomic E-state index is 0.812. The molecule has 14 heavy (non-hydrogen) atoms. The fraction of sp³-hybridized carbons (Fsp3) is 0.556. The molecule has 1 rings (SSSR count). The molecule has 1 heterocycles. The van der Waals surface area contributed by atoms with Crippen molar-refractivity contribution in [3.63, 3.8) is 0 Å². The number of rotatable bonds is 6. The van der Waals surface area contributed by atoms with E-state index in [0.29, 0.717) is 0 Å². The van der Waals surface area contributed by atoms with Gasteiger partial charge in [-0.1, -0.05) is 0 Å². The van der Waals surface area contributed by atoms with E-state index < -0.39 is 0 Å². The van der Waals surface area contributed by atoms with E-state index in [-0.39, 0.29) is 0 Å². The van der Waals surface area contributed by atoms with Gasteiger partial charge in [-0.2, -0.15) is 0 Å². The molecular formula is C9H14BrN3O. The maximum Gasteiger partial charge on any atom is 0.143 e. The Bertz CT molecular complexity index is 270. The third-order valence-corrected chi connectivity index (χ3v) is 2.32. The number of halogens is 1. The van der Waals surface area contributed by atoms with Crippen LogP contribution in [0.25, 0.3) is 0 Å². The summed E-state index contributed by atoms with van der Waals surface area (Å²) in [7, 11) is 1.72. The smallest absolute Gasteiger partial charge is 0.143 e. The van der Waals surface area contributed by atoms with Crippen molar-refractivity contribution in [2.75, 3.05) is 25.6 Å². The van der Waals surface area contributed by atoms with Gasteiger partial charge in [0.1, 0.15) is 12.1 Å². The Balaban J connectivity index is 2.21. The summed E-state index contributed by atoms with van der Waals surface area (Å²) in [5.41, 5.74) is 0. The molecule has 0 aliphatic carbocycles. The fourth-order valence-corrected chi connectivity index (χ4v) is 1.38. The number of hydrogen-bond donors (Lipinski definition) is 1. The van der Waals surface area contributed by atoms with Crippen LogP contribution in [0.5, 0.6) is 0 Å². The molecule has 0 aromatic carbocycles. The van der Waals surface area contributed by atoms with Gasteiger partial charge < -0.3 is 10.1 Å². The zero-order valence-electron chi connectivity index (χ0n) is 8.16. The molecule has 0 atom stereocenters. The van der Waals surface area contributed by atoms with Crippen molar-refractivity contribution in [1.82, 2.24) is 9.97 Å². The summed E-state index contributed by atoms with van der Waals surface area (Å²) in [6.07, 6.45) is 5.39. The molecule has 0 amide bonds. The van der Waals surface area contributed by atoms with Crippen LogP contribution in [0, 0.1) is 0 Å². The quantitative estimate of drug-likeness (QED) is 0.795. The van der Waals surface area contributed by atoms with Crippen molar-refractivity contribution >= 4 is 21.7 Å². The molecule has 5 heteroatoms. The molecule has 0 unspecified atom stereocenters. The first-order valence-electron chi connectivity index (χ1n) is 4.53. The van der Waals surface area contributed by atoms with Crippen LogP contribution in [0.15, 0.2) is 17.0 Å². The summed E-state index contributed by atoms with van der Waals surface area (Å²) >= 11 is 3.37. The highest BCUT2D eigenvalue weighted by Gasteiger charge is 1.98. The number of nitrogens with one attached hydrogen (secondary N) is 1. The lowest BCUT2D eigenvalue weighted by Gasteiger charge is -2.05. The largest absolute Gasteiger partial charge is 0.385 e. The molecule has 1 N–H and O–H groups in total. The first kappa shape index (κ1) is 11.4. The second-order valence-electron chi connectivity index (χ2n) is 2.85. The summed E-state index contributed by atoms with van der Waals surface area (Å²) in [4.78, 5) is 7.98. The average Bonchev–Trinajstić information content (AvgIpc) is 2.20. The summed E-state index contributed by atoms with van der Waals surface area (Å²) in [6.45, 7) is 1.71. The normalized spacial score (nSPS) is 10.1. The molecule has 0 spiro atoms. The summed E-state index contributed by atoms with van der Waals surface area (Å²) in [5.74, 6) is 0.845. The molecule has 0 aliphatic heterocycles. The molecular weight excluding hydrogens is 246 g/mol. The van der Waals surface area contributed by atoms with Gasteiger partial charge in [-0.3, -0.25) is 0 Å². The minimum Gasteiger partial charge on any atom is -0.385 e. The van der Waals surface area contributed by atoms with E-state index in [1.165, 1.54) is 6.33 Å². The van der Waals surface area contributed by atoms with Crippen molar-refractivity contribution in [3.05, 3.63) is 17.0 Å². The van der Waals surface area contributed by atoms with Crippen LogP contribution >= 0.6 is 15.9 Å². The number of anilines is 1. The van der Waals surface area contributed by atoms with Crippen molar-refractivity contribution < 1.29 is 4.74 Å². The highest BCUT2D eigenvalue weighted by Crippen LogP contribution is 2.16. The predicted octanol–water partition coefficient (Wildman–Crippen LogP) is 2.08. The Morgan fingerprint density at radius 3 is 3.07 bits per heavy atom. The molecule has 1 aromatic heterocycles. The Hall–Kier alpha value is -0.680. The molecule has 0 saturated heterocycles. The van der Waals surface area contributed by atoms with Gasteiger partial charge in [0.2, 0.25) is 0 Å². The van der Waals surface area contributed by atoms with E-state index in [0.717, 1.165) is 36.3 Å². The maximum atomic E-state index is 4.96. The molecule has 0 aliphatic rings. The number of hydrogen-bond acceptors (Lipinski definition) is 4. The highest BCUT2D eigenvalue weighted by atomic mass is 79.9. The van der Waals surface area contributed by atoms with Crippen molar-refractivity contribution in [2.24, 2.45) is 0 Å². The Morgan fingerprint density at radius 1 is 1.50 bits per heavy atom. The Morgan fingerprint density at radius 2 is 2.36 bits per heavy atom. The van der Waals surface area contributed by atoms with E-state index >= 15 is 0 Å². The third-order valence-electron chi connectivity index (χ3n) is 1.74. The van der Waals surface area contributed by atoms with Crippen LogP contribution in [-0.2, 0) is 4.74 Å². The Kier molecular flexibility index (Phi) is 5.47. The predicted molar refractivity (Wildman–Crippen MR) is 59.3 cm³/mol. The first-order valence-corrected chi connectivity index (χ1v) is 5.32. The number of aromatic nitrogens is 2. The van der Waals surface area contributed by atoms with Crippen LogP contribution in [0.3, 0.4) is 0 Å². The van der Waals surface area contributed by atoms with Crippen LogP contribution in [0.4, 0.5) is 5.82 Å². The van der Waals surface area contributed by atoms with Gasteiger partial charge in [0.05, 0.1) is 4.47 Å². The highest BCUT2D eigenvalue weighted by molar-refractivity contribution is 9.10. The van der Waals surface area contributed by atoms with Crippen LogP contribution in [0.2, 0.25) is 0 Å². The van der Waals surface area contributed by atoms with Gasteiger partial charge in [-0.15, -0.1) is 0 Å². The summed E-state index contributed by atoms with van der Waals surface area (Å²) in [5, 5.41) is 3.22.